The Morgan fingerprint density at radius 3 is 2.61 bits per heavy atom. The van der Waals surface area contributed by atoms with E-state index >= 15 is 0 Å². The number of ether oxygens (including phenoxy) is 2. The number of esters is 1. The Kier molecular flexibility index (Phi) is 4.74. The minimum atomic E-state index is -0.545. The molecule has 1 heterocycles. The third-order valence-corrected chi connectivity index (χ3v) is 3.90. The van der Waals surface area contributed by atoms with Gasteiger partial charge in [-0.3, -0.25) is 4.79 Å². The Morgan fingerprint density at radius 2 is 2.04 bits per heavy atom. The third-order valence-electron chi connectivity index (χ3n) is 3.90. The van der Waals surface area contributed by atoms with Crippen LogP contribution in [0.2, 0.25) is 0 Å². The Morgan fingerprint density at radius 1 is 1.39 bits per heavy atom. The Balaban J connectivity index is 2.35. The molecule has 0 aliphatic carbocycles. The summed E-state index contributed by atoms with van der Waals surface area (Å²) in [5, 5.41) is 0. The van der Waals surface area contributed by atoms with Gasteiger partial charge < -0.3 is 9.47 Å². The molecule has 0 spiro atoms. The van der Waals surface area contributed by atoms with Gasteiger partial charge in [0.2, 0.25) is 0 Å². The SMILES string of the molecule is CCc1c(CC(=O)OC(C)(C)C)cc2c(c1F)CC(C)(C)CO2. The van der Waals surface area contributed by atoms with Crippen molar-refractivity contribution in [1.29, 1.82) is 0 Å². The molecule has 0 N–H and O–H groups in total. The van der Waals surface area contributed by atoms with E-state index in [-0.39, 0.29) is 23.6 Å². The van der Waals surface area contributed by atoms with E-state index in [2.05, 4.69) is 13.8 Å². The van der Waals surface area contributed by atoms with Crippen molar-refractivity contribution in [2.75, 3.05) is 6.61 Å². The first kappa shape index (κ1) is 17.8. The molecule has 0 saturated carbocycles. The van der Waals surface area contributed by atoms with Crippen molar-refractivity contribution in [2.24, 2.45) is 5.41 Å². The first-order valence-electron chi connectivity index (χ1n) is 8.20. The fourth-order valence-electron chi connectivity index (χ4n) is 2.93. The number of benzene rings is 1. The number of carbonyl (C=O) groups excluding carboxylic acids is 1. The van der Waals surface area contributed by atoms with Gasteiger partial charge in [0.1, 0.15) is 17.2 Å². The Bertz CT molecular complexity index is 612. The van der Waals surface area contributed by atoms with Crippen molar-refractivity contribution in [3.63, 3.8) is 0 Å². The molecular weight excluding hydrogens is 295 g/mol. The van der Waals surface area contributed by atoms with Gasteiger partial charge >= 0.3 is 5.97 Å². The van der Waals surface area contributed by atoms with Gasteiger partial charge in [0.15, 0.2) is 0 Å². The van der Waals surface area contributed by atoms with Gasteiger partial charge in [-0.25, -0.2) is 4.39 Å². The largest absolute Gasteiger partial charge is 0.493 e. The lowest BCUT2D eigenvalue weighted by molar-refractivity contribution is -0.153. The van der Waals surface area contributed by atoms with Gasteiger partial charge in [-0.05, 0) is 50.8 Å². The monoisotopic (exact) mass is 322 g/mol. The van der Waals surface area contributed by atoms with Crippen LogP contribution in [0.3, 0.4) is 0 Å². The first-order valence-corrected chi connectivity index (χ1v) is 8.20. The normalized spacial score (nSPS) is 16.5. The fraction of sp³-hybridized carbons (Fsp3) is 0.632. The fourth-order valence-corrected chi connectivity index (χ4v) is 2.93. The maximum Gasteiger partial charge on any atom is 0.310 e. The zero-order valence-corrected chi connectivity index (χ0v) is 15.0. The highest BCUT2D eigenvalue weighted by Crippen LogP contribution is 2.38. The van der Waals surface area contributed by atoms with Crippen LogP contribution in [0.15, 0.2) is 6.07 Å². The van der Waals surface area contributed by atoms with Crippen molar-refractivity contribution in [2.45, 2.75) is 66.4 Å². The number of halogens is 1. The molecule has 0 bridgehead atoms. The average Bonchev–Trinajstić information content (AvgIpc) is 2.37. The molecule has 23 heavy (non-hydrogen) atoms. The molecule has 1 aliphatic rings. The standard InChI is InChI=1S/C19H27FO3/c1-7-13-12(9-16(21)23-18(2,3)4)8-15-14(17(13)20)10-19(5,6)11-22-15/h8H,7,9-11H2,1-6H3. The van der Waals surface area contributed by atoms with E-state index in [9.17, 15) is 9.18 Å². The molecule has 3 nitrogen and oxygen atoms in total. The van der Waals surface area contributed by atoms with Gasteiger partial charge in [-0.15, -0.1) is 0 Å². The number of hydrogen-bond acceptors (Lipinski definition) is 3. The van der Waals surface area contributed by atoms with Crippen LogP contribution >= 0.6 is 0 Å². The molecule has 1 aromatic rings. The Hall–Kier alpha value is -1.58. The van der Waals surface area contributed by atoms with E-state index in [1.165, 1.54) is 0 Å². The van der Waals surface area contributed by atoms with E-state index < -0.39 is 5.60 Å². The van der Waals surface area contributed by atoms with Crippen molar-refractivity contribution >= 4 is 5.97 Å². The predicted octanol–water partition coefficient (Wildman–Crippen LogP) is 4.23. The molecule has 0 amide bonds. The highest BCUT2D eigenvalue weighted by molar-refractivity contribution is 5.74. The molecule has 0 atom stereocenters. The highest BCUT2D eigenvalue weighted by atomic mass is 19.1. The molecule has 0 aromatic heterocycles. The van der Waals surface area contributed by atoms with Crippen LogP contribution in [0.4, 0.5) is 4.39 Å². The van der Waals surface area contributed by atoms with Crippen LogP contribution in [0, 0.1) is 11.2 Å². The lowest BCUT2D eigenvalue weighted by Gasteiger charge is -2.32. The molecule has 0 fully saturated rings. The molecule has 1 aromatic carbocycles. The van der Waals surface area contributed by atoms with E-state index in [4.69, 9.17) is 9.47 Å². The van der Waals surface area contributed by atoms with Gasteiger partial charge in [-0.2, -0.15) is 0 Å². The summed E-state index contributed by atoms with van der Waals surface area (Å²) in [7, 11) is 0. The maximum atomic E-state index is 14.9. The van der Waals surface area contributed by atoms with Crippen LogP contribution < -0.4 is 4.74 Å². The minimum absolute atomic E-state index is 0.0669. The molecule has 1 aliphatic heterocycles. The van der Waals surface area contributed by atoms with Gasteiger partial charge in [0.25, 0.3) is 0 Å². The average molecular weight is 322 g/mol. The number of rotatable bonds is 3. The number of hydrogen-bond donors (Lipinski definition) is 0. The minimum Gasteiger partial charge on any atom is -0.493 e. The molecule has 0 unspecified atom stereocenters. The van der Waals surface area contributed by atoms with E-state index in [1.807, 2.05) is 33.8 Å². The van der Waals surface area contributed by atoms with E-state index in [1.54, 1.807) is 0 Å². The van der Waals surface area contributed by atoms with E-state index in [0.717, 1.165) is 0 Å². The smallest absolute Gasteiger partial charge is 0.310 e. The summed E-state index contributed by atoms with van der Waals surface area (Å²) in [6.07, 6.45) is 1.25. The molecule has 0 radical (unpaired) electrons. The zero-order chi connectivity index (χ0) is 17.4. The topological polar surface area (TPSA) is 35.5 Å². The van der Waals surface area contributed by atoms with Crippen molar-refractivity contribution < 1.29 is 18.7 Å². The lowest BCUT2D eigenvalue weighted by Crippen LogP contribution is -2.30. The second-order valence-electron chi connectivity index (χ2n) is 8.05. The Labute approximate surface area is 138 Å². The summed E-state index contributed by atoms with van der Waals surface area (Å²) in [6, 6.07) is 1.82. The summed E-state index contributed by atoms with van der Waals surface area (Å²) >= 11 is 0. The van der Waals surface area contributed by atoms with Crippen LogP contribution in [-0.4, -0.2) is 18.2 Å². The second kappa shape index (κ2) is 6.14. The predicted molar refractivity (Wildman–Crippen MR) is 88.3 cm³/mol. The highest BCUT2D eigenvalue weighted by Gasteiger charge is 2.31. The first-order chi connectivity index (χ1) is 10.5. The summed E-state index contributed by atoms with van der Waals surface area (Å²) in [6.45, 7) is 12.1. The molecule has 4 heteroatoms. The summed E-state index contributed by atoms with van der Waals surface area (Å²) < 4.78 is 26.0. The van der Waals surface area contributed by atoms with Crippen molar-refractivity contribution in [3.8, 4) is 5.75 Å². The van der Waals surface area contributed by atoms with Crippen LogP contribution in [0.25, 0.3) is 0 Å². The number of fused-ring (bicyclic) bond motifs is 1. The van der Waals surface area contributed by atoms with Crippen LogP contribution in [-0.2, 0) is 28.8 Å². The van der Waals surface area contributed by atoms with Crippen LogP contribution in [0.5, 0.6) is 5.75 Å². The molecule has 2 rings (SSSR count). The zero-order valence-electron chi connectivity index (χ0n) is 15.0. The number of carbonyl (C=O) groups is 1. The summed E-state index contributed by atoms with van der Waals surface area (Å²) in [5.74, 6) is -0.00314. The maximum absolute atomic E-state index is 14.9. The summed E-state index contributed by atoms with van der Waals surface area (Å²) in [4.78, 5) is 12.1. The second-order valence-corrected chi connectivity index (χ2v) is 8.05. The lowest BCUT2D eigenvalue weighted by atomic mass is 9.82. The summed E-state index contributed by atoms with van der Waals surface area (Å²) in [5.41, 5.74) is 1.27. The quantitative estimate of drug-likeness (QED) is 0.781. The third kappa shape index (κ3) is 4.24. The van der Waals surface area contributed by atoms with Gasteiger partial charge in [0, 0.05) is 11.0 Å². The molecule has 128 valence electrons. The van der Waals surface area contributed by atoms with Crippen molar-refractivity contribution in [1.82, 2.24) is 0 Å². The molecular formula is C19H27FO3. The van der Waals surface area contributed by atoms with Gasteiger partial charge in [-0.1, -0.05) is 20.8 Å². The van der Waals surface area contributed by atoms with Crippen molar-refractivity contribution in [3.05, 3.63) is 28.6 Å². The van der Waals surface area contributed by atoms with E-state index in [0.29, 0.717) is 41.9 Å². The van der Waals surface area contributed by atoms with Crippen LogP contribution in [0.1, 0.15) is 58.2 Å². The van der Waals surface area contributed by atoms with Gasteiger partial charge in [0.05, 0.1) is 13.0 Å². The molecule has 0 saturated heterocycles.